The molecule has 2 aliphatic rings. The van der Waals surface area contributed by atoms with Gasteiger partial charge >= 0.3 is 6.03 Å². The first kappa shape index (κ1) is 23.2. The number of amides is 2. The van der Waals surface area contributed by atoms with Gasteiger partial charge in [0.2, 0.25) is 0 Å². The van der Waals surface area contributed by atoms with Crippen molar-refractivity contribution in [2.45, 2.75) is 90.0 Å². The standard InChI is InChI=1S/C27H42N4O/c1-3-5-15-31(16-6-4-2)27(32)29-22-11-13-26-24(19-22)25(20-28-26)21-10-12-23-9-7-8-17-30(23)18-14-21/h11,13,19-21,23,28H,3-10,12,14-18H2,1-2H3,(H,29,32). The molecular formula is C27H42N4O. The van der Waals surface area contributed by atoms with Crippen molar-refractivity contribution < 1.29 is 4.79 Å². The number of rotatable bonds is 8. The molecule has 3 heterocycles. The summed E-state index contributed by atoms with van der Waals surface area (Å²) in [7, 11) is 0. The third-order valence-corrected chi connectivity index (χ3v) is 7.62. The Morgan fingerprint density at radius 2 is 1.88 bits per heavy atom. The monoisotopic (exact) mass is 438 g/mol. The third kappa shape index (κ3) is 5.48. The van der Waals surface area contributed by atoms with E-state index in [0.29, 0.717) is 5.92 Å². The van der Waals surface area contributed by atoms with Crippen LogP contribution >= 0.6 is 0 Å². The van der Waals surface area contributed by atoms with Crippen molar-refractivity contribution in [3.8, 4) is 0 Å². The molecule has 5 heteroatoms. The molecule has 0 radical (unpaired) electrons. The van der Waals surface area contributed by atoms with Crippen LogP contribution in [0.3, 0.4) is 0 Å². The number of hydrogen-bond donors (Lipinski definition) is 2. The summed E-state index contributed by atoms with van der Waals surface area (Å²) < 4.78 is 0. The Labute approximate surface area is 193 Å². The number of anilines is 1. The van der Waals surface area contributed by atoms with Crippen LogP contribution in [0.1, 0.15) is 89.5 Å². The van der Waals surface area contributed by atoms with Gasteiger partial charge < -0.3 is 20.1 Å². The topological polar surface area (TPSA) is 51.4 Å². The van der Waals surface area contributed by atoms with Crippen molar-refractivity contribution in [1.82, 2.24) is 14.8 Å². The Morgan fingerprint density at radius 1 is 1.06 bits per heavy atom. The van der Waals surface area contributed by atoms with Crippen molar-refractivity contribution in [1.29, 1.82) is 0 Å². The maximum Gasteiger partial charge on any atom is 0.321 e. The van der Waals surface area contributed by atoms with Crippen molar-refractivity contribution >= 4 is 22.6 Å². The van der Waals surface area contributed by atoms with E-state index in [2.05, 4.69) is 47.4 Å². The van der Waals surface area contributed by atoms with Crippen molar-refractivity contribution in [2.75, 3.05) is 31.5 Å². The number of aromatic nitrogens is 1. The molecule has 176 valence electrons. The van der Waals surface area contributed by atoms with Crippen LogP contribution in [-0.2, 0) is 0 Å². The van der Waals surface area contributed by atoms with Gasteiger partial charge in [0, 0.05) is 41.9 Å². The number of carbonyl (C=O) groups excluding carboxylic acids is 1. The Balaban J connectivity index is 1.47. The molecule has 2 saturated heterocycles. The SMILES string of the molecule is CCCCN(CCCC)C(=O)Nc1ccc2[nH]cc(C3CCC4CCCCN4CC3)c2c1. The number of nitrogens with one attached hydrogen (secondary N) is 2. The minimum Gasteiger partial charge on any atom is -0.361 e. The van der Waals surface area contributed by atoms with Crippen LogP contribution in [0.5, 0.6) is 0 Å². The molecule has 1 aromatic carbocycles. The minimum atomic E-state index is 0.0367. The summed E-state index contributed by atoms with van der Waals surface area (Å²) in [6.45, 7) is 8.53. The molecule has 5 nitrogen and oxygen atoms in total. The first-order chi connectivity index (χ1) is 15.7. The number of unbranched alkanes of at least 4 members (excludes halogenated alkanes) is 2. The second kappa shape index (κ2) is 11.2. The van der Waals surface area contributed by atoms with Crippen LogP contribution < -0.4 is 5.32 Å². The van der Waals surface area contributed by atoms with Crippen LogP contribution in [0, 0.1) is 0 Å². The Kier molecular flexibility index (Phi) is 8.12. The van der Waals surface area contributed by atoms with Crippen LogP contribution in [0.4, 0.5) is 10.5 Å². The first-order valence-electron chi connectivity index (χ1n) is 13.1. The van der Waals surface area contributed by atoms with E-state index >= 15 is 0 Å². The van der Waals surface area contributed by atoms with Crippen molar-refractivity contribution in [3.05, 3.63) is 30.0 Å². The second-order valence-electron chi connectivity index (χ2n) is 9.88. The summed E-state index contributed by atoms with van der Waals surface area (Å²) in [6.07, 6.45) is 14.5. The molecule has 0 saturated carbocycles. The lowest BCUT2D eigenvalue weighted by Crippen LogP contribution is -2.38. The molecule has 2 amide bonds. The molecule has 2 aliphatic heterocycles. The van der Waals surface area contributed by atoms with Crippen molar-refractivity contribution in [3.63, 3.8) is 0 Å². The normalized spacial score (nSPS) is 21.8. The van der Waals surface area contributed by atoms with E-state index < -0.39 is 0 Å². The molecule has 2 aromatic rings. The second-order valence-corrected chi connectivity index (χ2v) is 9.88. The summed E-state index contributed by atoms with van der Waals surface area (Å²) >= 11 is 0. The van der Waals surface area contributed by atoms with Gasteiger partial charge in [0.25, 0.3) is 0 Å². The molecule has 2 fully saturated rings. The zero-order valence-corrected chi connectivity index (χ0v) is 20.2. The lowest BCUT2D eigenvalue weighted by atomic mass is 9.90. The largest absolute Gasteiger partial charge is 0.361 e. The number of nitrogens with zero attached hydrogens (tertiary/aromatic N) is 2. The van der Waals surface area contributed by atoms with Gasteiger partial charge in [-0.2, -0.15) is 0 Å². The van der Waals surface area contributed by atoms with E-state index in [1.807, 2.05) is 11.0 Å². The van der Waals surface area contributed by atoms with Crippen molar-refractivity contribution in [2.24, 2.45) is 0 Å². The fraction of sp³-hybridized carbons (Fsp3) is 0.667. The first-order valence-corrected chi connectivity index (χ1v) is 13.1. The highest BCUT2D eigenvalue weighted by Gasteiger charge is 2.28. The molecular weight excluding hydrogens is 396 g/mol. The number of fused-ring (bicyclic) bond motifs is 2. The van der Waals surface area contributed by atoms with Gasteiger partial charge in [-0.1, -0.05) is 33.1 Å². The maximum absolute atomic E-state index is 13.0. The Morgan fingerprint density at radius 3 is 2.66 bits per heavy atom. The number of benzene rings is 1. The number of piperidine rings is 1. The molecule has 2 unspecified atom stereocenters. The predicted octanol–water partition coefficient (Wildman–Crippen LogP) is 6.72. The smallest absolute Gasteiger partial charge is 0.321 e. The zero-order chi connectivity index (χ0) is 22.3. The minimum absolute atomic E-state index is 0.0367. The average Bonchev–Trinajstić information content (AvgIpc) is 3.10. The van der Waals surface area contributed by atoms with Gasteiger partial charge in [-0.05, 0) is 87.7 Å². The maximum atomic E-state index is 13.0. The summed E-state index contributed by atoms with van der Waals surface area (Å²) in [5.41, 5.74) is 3.52. The highest BCUT2D eigenvalue weighted by atomic mass is 16.2. The quantitative estimate of drug-likeness (QED) is 0.480. The van der Waals surface area contributed by atoms with E-state index in [9.17, 15) is 4.79 Å². The fourth-order valence-corrected chi connectivity index (χ4v) is 5.62. The lowest BCUT2D eigenvalue weighted by Gasteiger charge is -2.33. The lowest BCUT2D eigenvalue weighted by molar-refractivity contribution is 0.151. The molecule has 0 aliphatic carbocycles. The van der Waals surface area contributed by atoms with E-state index in [4.69, 9.17) is 0 Å². The summed E-state index contributed by atoms with van der Waals surface area (Å²) in [6, 6.07) is 7.18. The molecule has 4 rings (SSSR count). The third-order valence-electron chi connectivity index (χ3n) is 7.62. The van der Waals surface area contributed by atoms with E-state index in [1.165, 1.54) is 68.1 Å². The zero-order valence-electron chi connectivity index (χ0n) is 20.2. The predicted molar refractivity (Wildman–Crippen MR) is 135 cm³/mol. The van der Waals surface area contributed by atoms with Gasteiger partial charge in [-0.25, -0.2) is 4.79 Å². The van der Waals surface area contributed by atoms with Gasteiger partial charge in [-0.3, -0.25) is 0 Å². The molecule has 0 bridgehead atoms. The van der Waals surface area contributed by atoms with Crippen LogP contribution in [0.15, 0.2) is 24.4 Å². The number of aromatic amines is 1. The molecule has 0 spiro atoms. The van der Waals surface area contributed by atoms with E-state index in [1.54, 1.807) is 0 Å². The van der Waals surface area contributed by atoms with Gasteiger partial charge in [0.05, 0.1) is 0 Å². The average molecular weight is 439 g/mol. The summed E-state index contributed by atoms with van der Waals surface area (Å²) in [5.74, 6) is 0.603. The van der Waals surface area contributed by atoms with E-state index in [0.717, 1.165) is 50.5 Å². The van der Waals surface area contributed by atoms with Gasteiger partial charge in [0.15, 0.2) is 0 Å². The molecule has 2 atom stereocenters. The number of carbonyl (C=O) groups is 1. The summed E-state index contributed by atoms with van der Waals surface area (Å²) in [5, 5.41) is 4.47. The molecule has 2 N–H and O–H groups in total. The number of H-pyrrole nitrogens is 1. The van der Waals surface area contributed by atoms with Crippen LogP contribution in [-0.4, -0.2) is 53.0 Å². The van der Waals surface area contributed by atoms with Gasteiger partial charge in [-0.15, -0.1) is 0 Å². The number of hydrogen-bond acceptors (Lipinski definition) is 2. The Hall–Kier alpha value is -2.01. The highest BCUT2D eigenvalue weighted by molar-refractivity contribution is 5.94. The fourth-order valence-electron chi connectivity index (χ4n) is 5.62. The molecule has 1 aromatic heterocycles. The van der Waals surface area contributed by atoms with Crippen LogP contribution in [0.2, 0.25) is 0 Å². The summed E-state index contributed by atoms with van der Waals surface area (Å²) in [4.78, 5) is 21.2. The Bertz CT molecular complexity index is 852. The van der Waals surface area contributed by atoms with Gasteiger partial charge in [0.1, 0.15) is 0 Å². The number of urea groups is 1. The van der Waals surface area contributed by atoms with E-state index in [-0.39, 0.29) is 6.03 Å². The highest BCUT2D eigenvalue weighted by Crippen LogP contribution is 2.37. The molecule has 32 heavy (non-hydrogen) atoms. The van der Waals surface area contributed by atoms with Crippen LogP contribution in [0.25, 0.3) is 10.9 Å².